The minimum atomic E-state index is -0.871. The van der Waals surface area contributed by atoms with E-state index in [1.807, 2.05) is 51.1 Å². The van der Waals surface area contributed by atoms with E-state index in [4.69, 9.17) is 4.74 Å². The Labute approximate surface area is 147 Å². The summed E-state index contributed by atoms with van der Waals surface area (Å²) in [7, 11) is 1.27. The van der Waals surface area contributed by atoms with E-state index in [-0.39, 0.29) is 18.2 Å². The number of ether oxygens (including phenoxy) is 1. The highest BCUT2D eigenvalue weighted by molar-refractivity contribution is 5.99. The van der Waals surface area contributed by atoms with Crippen LogP contribution in [0.2, 0.25) is 0 Å². The maximum Gasteiger partial charge on any atom is 0.329 e. The number of likely N-dealkylation sites (tertiary alicyclic amines) is 1. The van der Waals surface area contributed by atoms with E-state index in [1.165, 1.54) is 12.0 Å². The molecule has 1 heterocycles. The summed E-state index contributed by atoms with van der Waals surface area (Å²) >= 11 is 0. The first-order chi connectivity index (χ1) is 11.7. The van der Waals surface area contributed by atoms with E-state index < -0.39 is 23.6 Å². The molecule has 0 bridgehead atoms. The van der Waals surface area contributed by atoms with Crippen molar-refractivity contribution >= 4 is 23.9 Å². The topological polar surface area (TPSA) is 75.7 Å². The van der Waals surface area contributed by atoms with Crippen LogP contribution in [-0.2, 0) is 19.1 Å². The number of β-lactam (4-membered cyclic amide) rings is 1. The minimum Gasteiger partial charge on any atom is -0.467 e. The molecule has 0 radical (unpaired) electrons. The van der Waals surface area contributed by atoms with Gasteiger partial charge in [-0.2, -0.15) is 0 Å². The number of hydrogen-bond acceptors (Lipinski definition) is 4. The summed E-state index contributed by atoms with van der Waals surface area (Å²) in [6.07, 6.45) is 3.47. The molecule has 6 nitrogen and oxygen atoms in total. The average Bonchev–Trinajstić information content (AvgIpc) is 2.54. The van der Waals surface area contributed by atoms with Crippen LogP contribution in [-0.4, -0.2) is 47.4 Å². The molecule has 1 saturated heterocycles. The molecule has 2 atom stereocenters. The van der Waals surface area contributed by atoms with Gasteiger partial charge in [0.2, 0.25) is 11.8 Å². The van der Waals surface area contributed by atoms with Crippen LogP contribution >= 0.6 is 0 Å². The van der Waals surface area contributed by atoms with Gasteiger partial charge in [0, 0.05) is 5.54 Å². The van der Waals surface area contributed by atoms with E-state index in [0.29, 0.717) is 0 Å². The average molecular weight is 344 g/mol. The third-order valence-corrected chi connectivity index (χ3v) is 3.80. The van der Waals surface area contributed by atoms with Crippen LogP contribution in [0.3, 0.4) is 0 Å². The Hall–Kier alpha value is -2.63. The summed E-state index contributed by atoms with van der Waals surface area (Å²) in [6, 6.07) is 7.85. The zero-order chi connectivity index (χ0) is 18.6. The second-order valence-electron chi connectivity index (χ2n) is 7.00. The first kappa shape index (κ1) is 18.7. The zero-order valence-electron chi connectivity index (χ0n) is 15.0. The molecule has 25 heavy (non-hydrogen) atoms. The Morgan fingerprint density at radius 1 is 1.28 bits per heavy atom. The lowest BCUT2D eigenvalue weighted by Crippen LogP contribution is -2.64. The van der Waals surface area contributed by atoms with Crippen LogP contribution in [0.1, 0.15) is 32.8 Å². The van der Waals surface area contributed by atoms with Gasteiger partial charge in [-0.25, -0.2) is 4.79 Å². The lowest BCUT2D eigenvalue weighted by Gasteiger charge is -2.42. The van der Waals surface area contributed by atoms with Crippen LogP contribution in [0.4, 0.5) is 0 Å². The summed E-state index contributed by atoms with van der Waals surface area (Å²) in [5, 5.41) is 2.87. The maximum atomic E-state index is 12.7. The third kappa shape index (κ3) is 4.68. The van der Waals surface area contributed by atoms with E-state index in [2.05, 4.69) is 5.32 Å². The fourth-order valence-electron chi connectivity index (χ4n) is 2.63. The number of carbonyl (C=O) groups excluding carboxylic acids is 3. The van der Waals surface area contributed by atoms with Gasteiger partial charge in [-0.05, 0) is 26.3 Å². The van der Waals surface area contributed by atoms with Crippen molar-refractivity contribution in [1.82, 2.24) is 10.2 Å². The molecule has 1 aromatic rings. The quantitative estimate of drug-likeness (QED) is 0.652. The highest BCUT2D eigenvalue weighted by atomic mass is 16.5. The van der Waals surface area contributed by atoms with E-state index >= 15 is 0 Å². The number of amides is 2. The van der Waals surface area contributed by atoms with Crippen molar-refractivity contribution in [3.63, 3.8) is 0 Å². The maximum absolute atomic E-state index is 12.7. The van der Waals surface area contributed by atoms with Gasteiger partial charge in [0.1, 0.15) is 12.1 Å². The lowest BCUT2D eigenvalue weighted by molar-refractivity contribution is -0.167. The molecule has 0 aliphatic carbocycles. The van der Waals surface area contributed by atoms with E-state index in [1.54, 1.807) is 12.2 Å². The Morgan fingerprint density at radius 3 is 2.44 bits per heavy atom. The molecule has 1 N–H and O–H groups in total. The van der Waals surface area contributed by atoms with Crippen LogP contribution in [0.25, 0.3) is 6.08 Å². The normalized spacial score (nSPS) is 18.6. The molecule has 6 heteroatoms. The van der Waals surface area contributed by atoms with Gasteiger partial charge < -0.3 is 15.0 Å². The molecule has 1 aliphatic rings. The number of nitrogens with zero attached hydrogens (tertiary/aromatic N) is 1. The lowest BCUT2D eigenvalue weighted by atomic mass is 9.96. The van der Waals surface area contributed by atoms with Crippen molar-refractivity contribution in [3.8, 4) is 0 Å². The summed E-state index contributed by atoms with van der Waals surface area (Å²) < 4.78 is 4.74. The molecule has 0 spiro atoms. The van der Waals surface area contributed by atoms with Gasteiger partial charge in [0.15, 0.2) is 0 Å². The van der Waals surface area contributed by atoms with Crippen molar-refractivity contribution in [2.24, 2.45) is 0 Å². The highest BCUT2D eigenvalue weighted by Crippen LogP contribution is 2.25. The zero-order valence-corrected chi connectivity index (χ0v) is 15.0. The number of rotatable bonds is 5. The largest absolute Gasteiger partial charge is 0.467 e. The molecule has 1 aromatic carbocycles. The molecule has 0 aromatic heterocycles. The van der Waals surface area contributed by atoms with Gasteiger partial charge in [0.05, 0.1) is 13.5 Å². The molecular formula is C19H24N2O4. The van der Waals surface area contributed by atoms with Crippen molar-refractivity contribution in [2.45, 2.75) is 44.8 Å². The predicted octanol–water partition coefficient (Wildman–Crippen LogP) is 1.76. The van der Waals surface area contributed by atoms with Gasteiger partial charge in [-0.15, -0.1) is 0 Å². The number of methoxy groups -OCH3 is 1. The fourth-order valence-corrected chi connectivity index (χ4v) is 2.63. The van der Waals surface area contributed by atoms with Crippen LogP contribution in [0, 0.1) is 0 Å². The van der Waals surface area contributed by atoms with Gasteiger partial charge in [0.25, 0.3) is 0 Å². The number of benzene rings is 1. The summed E-state index contributed by atoms with van der Waals surface area (Å²) in [6.45, 7) is 5.58. The molecule has 1 aliphatic heterocycles. The highest BCUT2D eigenvalue weighted by Gasteiger charge is 2.47. The minimum absolute atomic E-state index is 0.0607. The Bertz CT molecular complexity index is 676. The van der Waals surface area contributed by atoms with E-state index in [9.17, 15) is 14.4 Å². The Morgan fingerprint density at radius 2 is 1.92 bits per heavy atom. The number of hydrogen-bond donors (Lipinski definition) is 1. The standard InChI is InChI=1S/C19H24N2O4/c1-19(2,3)20-17(23)14(11-10-13-8-6-5-7-9-13)21-15(12-16(21)22)18(24)25-4/h5-11,14-15H,12H2,1-4H3,(H,20,23)/t14?,15-/m0/s1. The Balaban J connectivity index is 2.28. The summed E-state index contributed by atoms with van der Waals surface area (Å²) in [5.74, 6) is -1.09. The smallest absolute Gasteiger partial charge is 0.329 e. The Kier molecular flexibility index (Phi) is 5.62. The third-order valence-electron chi connectivity index (χ3n) is 3.80. The van der Waals surface area contributed by atoms with Crippen LogP contribution in [0.5, 0.6) is 0 Å². The molecule has 1 unspecified atom stereocenters. The predicted molar refractivity (Wildman–Crippen MR) is 94.4 cm³/mol. The van der Waals surface area contributed by atoms with Crippen molar-refractivity contribution in [2.75, 3.05) is 7.11 Å². The molecule has 2 rings (SSSR count). The number of carbonyl (C=O) groups is 3. The van der Waals surface area contributed by atoms with Gasteiger partial charge in [-0.3, -0.25) is 9.59 Å². The molecule has 1 fully saturated rings. The first-order valence-electron chi connectivity index (χ1n) is 8.17. The summed E-state index contributed by atoms with van der Waals surface area (Å²) in [5.41, 5.74) is 0.448. The summed E-state index contributed by atoms with van der Waals surface area (Å²) in [4.78, 5) is 37.9. The van der Waals surface area contributed by atoms with Crippen molar-refractivity contribution < 1.29 is 19.1 Å². The molecule has 2 amide bonds. The van der Waals surface area contributed by atoms with Crippen LogP contribution < -0.4 is 5.32 Å². The van der Waals surface area contributed by atoms with Crippen molar-refractivity contribution in [3.05, 3.63) is 42.0 Å². The number of nitrogens with one attached hydrogen (secondary N) is 1. The number of esters is 1. The SMILES string of the molecule is COC(=O)[C@@H]1CC(=O)N1C(C=Cc1ccccc1)C(=O)NC(C)(C)C. The van der Waals surface area contributed by atoms with Gasteiger partial charge >= 0.3 is 5.97 Å². The molecule has 134 valence electrons. The second kappa shape index (κ2) is 7.51. The first-order valence-corrected chi connectivity index (χ1v) is 8.17. The fraction of sp³-hybridized carbons (Fsp3) is 0.421. The van der Waals surface area contributed by atoms with Gasteiger partial charge in [-0.1, -0.05) is 42.5 Å². The van der Waals surface area contributed by atoms with E-state index in [0.717, 1.165) is 5.56 Å². The monoisotopic (exact) mass is 344 g/mol. The molecular weight excluding hydrogens is 320 g/mol. The van der Waals surface area contributed by atoms with Crippen molar-refractivity contribution in [1.29, 1.82) is 0 Å². The second-order valence-corrected chi connectivity index (χ2v) is 7.00. The molecule has 0 saturated carbocycles. The van der Waals surface area contributed by atoms with Crippen LogP contribution in [0.15, 0.2) is 36.4 Å².